The highest BCUT2D eigenvalue weighted by Gasteiger charge is 2.43. The van der Waals surface area contributed by atoms with E-state index in [9.17, 15) is 4.79 Å². The topological polar surface area (TPSA) is 47.6 Å². The van der Waals surface area contributed by atoms with E-state index < -0.39 is 5.79 Å². The fraction of sp³-hybridized carbons (Fsp3) is 0.889. The Bertz CT molecular complexity index is 176. The number of carbonyl (C=O) groups is 1. The third kappa shape index (κ3) is 2.19. The molecule has 0 bridgehead atoms. The number of rotatable bonds is 4. The Hall–Kier alpha value is -0.610. The van der Waals surface area contributed by atoms with Crippen LogP contribution in [0.25, 0.3) is 0 Å². The van der Waals surface area contributed by atoms with Crippen molar-refractivity contribution in [3.8, 4) is 0 Å². The van der Waals surface area contributed by atoms with Crippen molar-refractivity contribution in [3.63, 3.8) is 0 Å². The lowest BCUT2D eigenvalue weighted by atomic mass is 10.1. The molecule has 1 rings (SSSR count). The highest BCUT2D eigenvalue weighted by molar-refractivity contribution is 5.83. The van der Waals surface area contributed by atoms with Crippen molar-refractivity contribution in [2.75, 3.05) is 20.3 Å². The van der Waals surface area contributed by atoms with Crippen LogP contribution in [0.2, 0.25) is 0 Å². The molecule has 0 spiro atoms. The molecular formula is C9H17NO3. The minimum atomic E-state index is -0.995. The summed E-state index contributed by atoms with van der Waals surface area (Å²) in [7, 11) is 1.60. The van der Waals surface area contributed by atoms with Crippen molar-refractivity contribution in [2.45, 2.75) is 32.0 Å². The zero-order chi connectivity index (χ0) is 9.73. The summed E-state index contributed by atoms with van der Waals surface area (Å²) >= 11 is 0. The van der Waals surface area contributed by atoms with Crippen molar-refractivity contribution in [1.82, 2.24) is 5.32 Å². The minimum absolute atomic E-state index is 0.168. The van der Waals surface area contributed by atoms with Gasteiger partial charge < -0.3 is 14.8 Å². The van der Waals surface area contributed by atoms with E-state index in [-0.39, 0.29) is 5.91 Å². The molecule has 1 amide bonds. The molecule has 0 aromatic rings. The molecule has 1 aliphatic rings. The van der Waals surface area contributed by atoms with E-state index in [2.05, 4.69) is 12.2 Å². The fourth-order valence-electron chi connectivity index (χ4n) is 1.44. The van der Waals surface area contributed by atoms with Crippen LogP contribution >= 0.6 is 0 Å². The number of amides is 1. The van der Waals surface area contributed by atoms with Crippen LogP contribution in [-0.4, -0.2) is 32.0 Å². The van der Waals surface area contributed by atoms with Gasteiger partial charge in [-0.2, -0.15) is 0 Å². The molecule has 0 radical (unpaired) electrons. The summed E-state index contributed by atoms with van der Waals surface area (Å²) in [4.78, 5) is 11.5. The largest absolute Gasteiger partial charge is 0.354 e. The van der Waals surface area contributed by atoms with Gasteiger partial charge in [-0.05, 0) is 6.42 Å². The highest BCUT2D eigenvalue weighted by atomic mass is 16.7. The number of carbonyl (C=O) groups excluding carboxylic acids is 1. The fourth-order valence-corrected chi connectivity index (χ4v) is 1.44. The van der Waals surface area contributed by atoms with Gasteiger partial charge in [-0.25, -0.2) is 0 Å². The molecule has 0 unspecified atom stereocenters. The van der Waals surface area contributed by atoms with Crippen LogP contribution in [0.1, 0.15) is 26.2 Å². The molecule has 1 N–H and O–H groups in total. The Labute approximate surface area is 78.6 Å². The van der Waals surface area contributed by atoms with Crippen LogP contribution in [0.15, 0.2) is 0 Å². The second-order valence-electron chi connectivity index (χ2n) is 3.13. The van der Waals surface area contributed by atoms with Crippen LogP contribution in [-0.2, 0) is 14.3 Å². The van der Waals surface area contributed by atoms with Crippen LogP contribution in [0.3, 0.4) is 0 Å². The molecule has 1 fully saturated rings. The van der Waals surface area contributed by atoms with Gasteiger partial charge in [0.25, 0.3) is 5.91 Å². The monoisotopic (exact) mass is 187 g/mol. The van der Waals surface area contributed by atoms with Gasteiger partial charge in [0.1, 0.15) is 0 Å². The van der Waals surface area contributed by atoms with E-state index in [1.807, 2.05) is 0 Å². The first-order chi connectivity index (χ1) is 6.25. The maximum absolute atomic E-state index is 11.5. The second-order valence-corrected chi connectivity index (χ2v) is 3.13. The Morgan fingerprint density at radius 3 is 2.54 bits per heavy atom. The van der Waals surface area contributed by atoms with Crippen LogP contribution in [0, 0.1) is 0 Å². The number of ether oxygens (including phenoxy) is 2. The zero-order valence-electron chi connectivity index (χ0n) is 8.26. The summed E-state index contributed by atoms with van der Waals surface area (Å²) in [6, 6.07) is 0. The molecule has 76 valence electrons. The average Bonchev–Trinajstić information content (AvgIpc) is 2.63. The first-order valence-corrected chi connectivity index (χ1v) is 4.75. The predicted molar refractivity (Wildman–Crippen MR) is 48.2 cm³/mol. The highest BCUT2D eigenvalue weighted by Crippen LogP contribution is 2.25. The smallest absolute Gasteiger partial charge is 0.280 e. The van der Waals surface area contributed by atoms with Crippen LogP contribution in [0.5, 0.6) is 0 Å². The van der Waals surface area contributed by atoms with Crippen molar-refractivity contribution in [3.05, 3.63) is 0 Å². The number of hydrogen-bond acceptors (Lipinski definition) is 3. The van der Waals surface area contributed by atoms with E-state index in [4.69, 9.17) is 9.47 Å². The summed E-state index contributed by atoms with van der Waals surface area (Å²) in [5, 5.41) is 2.57. The van der Waals surface area contributed by atoms with Gasteiger partial charge in [0.2, 0.25) is 5.79 Å². The van der Waals surface area contributed by atoms with Crippen LogP contribution in [0.4, 0.5) is 0 Å². The Morgan fingerprint density at radius 2 is 2.08 bits per heavy atom. The maximum Gasteiger partial charge on any atom is 0.280 e. The zero-order valence-corrected chi connectivity index (χ0v) is 8.26. The van der Waals surface area contributed by atoms with Gasteiger partial charge in [0.15, 0.2) is 0 Å². The summed E-state index contributed by atoms with van der Waals surface area (Å²) in [5.41, 5.74) is 0. The van der Waals surface area contributed by atoms with Crippen molar-refractivity contribution in [1.29, 1.82) is 0 Å². The lowest BCUT2D eigenvalue weighted by Gasteiger charge is -2.24. The molecule has 0 saturated carbocycles. The van der Waals surface area contributed by atoms with E-state index in [1.165, 1.54) is 0 Å². The standard InChI is InChI=1S/C9H17NO3/c1-3-4-5-9(8(11)10-2)12-6-7-13-9/h3-7H2,1-2H3,(H,10,11). The van der Waals surface area contributed by atoms with Crippen molar-refractivity contribution >= 4 is 5.91 Å². The Balaban J connectivity index is 2.57. The summed E-state index contributed by atoms with van der Waals surface area (Å²) in [5.74, 6) is -1.16. The molecule has 0 aromatic heterocycles. The SMILES string of the molecule is CCCCC1(C(=O)NC)OCCO1. The van der Waals surface area contributed by atoms with E-state index in [0.29, 0.717) is 19.6 Å². The Morgan fingerprint density at radius 1 is 1.46 bits per heavy atom. The molecule has 4 nitrogen and oxygen atoms in total. The molecule has 1 heterocycles. The van der Waals surface area contributed by atoms with Gasteiger partial charge in [0, 0.05) is 13.5 Å². The maximum atomic E-state index is 11.5. The quantitative estimate of drug-likeness (QED) is 0.703. The summed E-state index contributed by atoms with van der Waals surface area (Å²) in [6.45, 7) is 3.10. The number of unbranched alkanes of at least 4 members (excludes halogenated alkanes) is 1. The van der Waals surface area contributed by atoms with E-state index in [0.717, 1.165) is 12.8 Å². The second kappa shape index (κ2) is 4.58. The van der Waals surface area contributed by atoms with Gasteiger partial charge >= 0.3 is 0 Å². The number of nitrogens with one attached hydrogen (secondary N) is 1. The van der Waals surface area contributed by atoms with Crippen LogP contribution < -0.4 is 5.32 Å². The lowest BCUT2D eigenvalue weighted by molar-refractivity contribution is -0.185. The summed E-state index contributed by atoms with van der Waals surface area (Å²) in [6.07, 6.45) is 2.61. The molecule has 0 aliphatic carbocycles. The molecule has 0 aromatic carbocycles. The first-order valence-electron chi connectivity index (χ1n) is 4.75. The average molecular weight is 187 g/mol. The normalized spacial score (nSPS) is 20.2. The summed E-state index contributed by atoms with van der Waals surface area (Å²) < 4.78 is 10.7. The molecule has 4 heteroatoms. The predicted octanol–water partition coefficient (Wildman–Crippen LogP) is 0.666. The first kappa shape index (κ1) is 10.5. The molecule has 1 aliphatic heterocycles. The van der Waals surface area contributed by atoms with Gasteiger partial charge in [0.05, 0.1) is 13.2 Å². The molecular weight excluding hydrogens is 170 g/mol. The van der Waals surface area contributed by atoms with E-state index in [1.54, 1.807) is 7.05 Å². The number of hydrogen-bond donors (Lipinski definition) is 1. The molecule has 13 heavy (non-hydrogen) atoms. The lowest BCUT2D eigenvalue weighted by Crippen LogP contribution is -2.46. The molecule has 0 atom stereocenters. The van der Waals surface area contributed by atoms with Gasteiger partial charge in [-0.1, -0.05) is 13.3 Å². The van der Waals surface area contributed by atoms with E-state index >= 15 is 0 Å². The minimum Gasteiger partial charge on any atom is -0.354 e. The number of likely N-dealkylation sites (N-methyl/N-ethyl adjacent to an activating group) is 1. The Kier molecular flexibility index (Phi) is 3.69. The third-order valence-corrected chi connectivity index (χ3v) is 2.19. The van der Waals surface area contributed by atoms with Gasteiger partial charge in [-0.3, -0.25) is 4.79 Å². The van der Waals surface area contributed by atoms with Crippen molar-refractivity contribution in [2.24, 2.45) is 0 Å². The molecule has 1 saturated heterocycles. The van der Waals surface area contributed by atoms with Gasteiger partial charge in [-0.15, -0.1) is 0 Å². The van der Waals surface area contributed by atoms with Crippen molar-refractivity contribution < 1.29 is 14.3 Å². The third-order valence-electron chi connectivity index (χ3n) is 2.19.